The summed E-state index contributed by atoms with van der Waals surface area (Å²) in [6.07, 6.45) is 0. The van der Waals surface area contributed by atoms with Crippen molar-refractivity contribution >= 4 is 29.5 Å². The number of para-hydroxylation sites is 1. The second-order valence-corrected chi connectivity index (χ2v) is 4.85. The summed E-state index contributed by atoms with van der Waals surface area (Å²) in [7, 11) is 0. The maximum atomic E-state index is 12.1. The average molecular weight is 337 g/mol. The predicted octanol–water partition coefficient (Wildman–Crippen LogP) is 1.19. The highest BCUT2D eigenvalue weighted by Crippen LogP contribution is 2.24. The molecular weight excluding hydrogens is 324 g/mol. The third-order valence-corrected chi connectivity index (χ3v) is 3.16. The molecule has 0 aliphatic carbocycles. The van der Waals surface area contributed by atoms with Crippen LogP contribution in [-0.2, 0) is 9.53 Å². The van der Waals surface area contributed by atoms with Crippen LogP contribution in [0.1, 0.15) is 16.1 Å². The number of nitrogens with two attached hydrogens (primary N) is 1. The third kappa shape index (κ3) is 3.86. The Balaban J connectivity index is 2.17. The van der Waals surface area contributed by atoms with E-state index in [1.165, 1.54) is 4.68 Å². The summed E-state index contributed by atoms with van der Waals surface area (Å²) in [6.45, 7) is 0.930. The molecule has 0 saturated heterocycles. The number of nitrogens with one attached hydrogen (secondary N) is 1. The number of esters is 1. The van der Waals surface area contributed by atoms with E-state index in [9.17, 15) is 14.4 Å². The quantitative estimate of drug-likeness (QED) is 0.813. The Morgan fingerprint density at radius 3 is 2.57 bits per heavy atom. The normalized spacial score (nSPS) is 10.2. The van der Waals surface area contributed by atoms with Gasteiger partial charge in [0.15, 0.2) is 6.61 Å². The molecule has 2 rings (SSSR count). The number of primary amides is 1. The summed E-state index contributed by atoms with van der Waals surface area (Å²) in [5.74, 6) is -1.66. The van der Waals surface area contributed by atoms with Crippen molar-refractivity contribution in [2.24, 2.45) is 5.73 Å². The largest absolute Gasteiger partial charge is 0.452 e. The van der Waals surface area contributed by atoms with E-state index in [1.54, 1.807) is 36.5 Å². The van der Waals surface area contributed by atoms with Crippen LogP contribution in [0.25, 0.3) is 5.69 Å². The van der Waals surface area contributed by atoms with Crippen LogP contribution in [-0.4, -0.2) is 34.3 Å². The molecule has 0 atom stereocenters. The zero-order valence-electron chi connectivity index (χ0n) is 12.1. The summed E-state index contributed by atoms with van der Waals surface area (Å²) < 4.78 is 6.19. The second-order valence-electron chi connectivity index (χ2n) is 4.49. The Morgan fingerprint density at radius 2 is 1.96 bits per heavy atom. The van der Waals surface area contributed by atoms with Crippen LogP contribution in [0.15, 0.2) is 30.3 Å². The molecule has 0 aliphatic heterocycles. The molecule has 0 unspecified atom stereocenters. The van der Waals surface area contributed by atoms with E-state index in [-0.39, 0.29) is 10.7 Å². The van der Waals surface area contributed by atoms with Crippen LogP contribution < -0.4 is 11.1 Å². The number of rotatable bonds is 4. The van der Waals surface area contributed by atoms with Crippen LogP contribution in [0.5, 0.6) is 0 Å². The van der Waals surface area contributed by atoms with Gasteiger partial charge in [-0.3, -0.25) is 10.1 Å². The molecule has 8 nitrogen and oxygen atoms in total. The van der Waals surface area contributed by atoms with Crippen LogP contribution >= 0.6 is 11.6 Å². The van der Waals surface area contributed by atoms with Crippen LogP contribution in [0.4, 0.5) is 4.79 Å². The van der Waals surface area contributed by atoms with Crippen molar-refractivity contribution in [1.29, 1.82) is 0 Å². The molecule has 0 fully saturated rings. The third-order valence-electron chi connectivity index (χ3n) is 2.81. The number of carbonyl (C=O) groups is 3. The van der Waals surface area contributed by atoms with E-state index in [0.29, 0.717) is 11.4 Å². The van der Waals surface area contributed by atoms with E-state index in [4.69, 9.17) is 22.1 Å². The van der Waals surface area contributed by atoms with E-state index < -0.39 is 24.5 Å². The average Bonchev–Trinajstić information content (AvgIpc) is 2.80. The first-order valence-electron chi connectivity index (χ1n) is 6.47. The zero-order valence-corrected chi connectivity index (χ0v) is 12.8. The highest BCUT2D eigenvalue weighted by Gasteiger charge is 2.23. The van der Waals surface area contributed by atoms with Crippen LogP contribution in [0, 0.1) is 6.92 Å². The molecule has 1 heterocycles. The number of hydrogen-bond donors (Lipinski definition) is 2. The standard InChI is InChI=1S/C14H13ClN4O4/c1-8-11(13(21)23-7-10(20)17-14(16)22)12(15)19(18-8)9-5-3-2-4-6-9/h2-6H,7H2,1H3,(H3,16,17,20,22). The lowest BCUT2D eigenvalue weighted by Gasteiger charge is -2.05. The van der Waals surface area contributed by atoms with Gasteiger partial charge in [0.05, 0.1) is 11.4 Å². The van der Waals surface area contributed by atoms with Gasteiger partial charge in [0.1, 0.15) is 10.7 Å². The molecule has 1 aromatic carbocycles. The molecule has 0 aliphatic rings. The molecule has 120 valence electrons. The molecular formula is C14H13ClN4O4. The highest BCUT2D eigenvalue weighted by atomic mass is 35.5. The lowest BCUT2D eigenvalue weighted by molar-refractivity contribution is -0.123. The van der Waals surface area contributed by atoms with Crippen molar-refractivity contribution in [3.63, 3.8) is 0 Å². The van der Waals surface area contributed by atoms with Gasteiger partial charge in [0.2, 0.25) is 0 Å². The number of hydrogen-bond acceptors (Lipinski definition) is 5. The number of carbonyl (C=O) groups excluding carboxylic acids is 3. The lowest BCUT2D eigenvalue weighted by atomic mass is 10.2. The minimum Gasteiger partial charge on any atom is -0.452 e. The first-order chi connectivity index (χ1) is 10.9. The summed E-state index contributed by atoms with van der Waals surface area (Å²) in [5, 5.41) is 6.03. The van der Waals surface area contributed by atoms with Gasteiger partial charge < -0.3 is 10.5 Å². The molecule has 23 heavy (non-hydrogen) atoms. The minimum atomic E-state index is -1.03. The number of aryl methyl sites for hydroxylation is 1. The van der Waals surface area contributed by atoms with Gasteiger partial charge in [-0.1, -0.05) is 29.8 Å². The fourth-order valence-electron chi connectivity index (χ4n) is 1.85. The molecule has 0 bridgehead atoms. The number of imide groups is 1. The van der Waals surface area contributed by atoms with Crippen molar-refractivity contribution in [2.45, 2.75) is 6.92 Å². The summed E-state index contributed by atoms with van der Waals surface area (Å²) in [4.78, 5) is 33.8. The number of halogens is 1. The molecule has 0 radical (unpaired) electrons. The van der Waals surface area contributed by atoms with E-state index >= 15 is 0 Å². The summed E-state index contributed by atoms with van der Waals surface area (Å²) in [5.41, 5.74) is 5.84. The fraction of sp³-hybridized carbons (Fsp3) is 0.143. The van der Waals surface area contributed by atoms with Gasteiger partial charge in [-0.15, -0.1) is 0 Å². The van der Waals surface area contributed by atoms with Crippen molar-refractivity contribution < 1.29 is 19.1 Å². The van der Waals surface area contributed by atoms with Crippen molar-refractivity contribution in [1.82, 2.24) is 15.1 Å². The molecule has 3 N–H and O–H groups in total. The molecule has 1 aromatic heterocycles. The Morgan fingerprint density at radius 1 is 1.30 bits per heavy atom. The molecule has 0 spiro atoms. The van der Waals surface area contributed by atoms with Crippen molar-refractivity contribution in [3.05, 3.63) is 46.7 Å². The van der Waals surface area contributed by atoms with Gasteiger partial charge in [-0.2, -0.15) is 5.10 Å². The van der Waals surface area contributed by atoms with Gasteiger partial charge in [-0.05, 0) is 19.1 Å². The van der Waals surface area contributed by atoms with Gasteiger partial charge in [0.25, 0.3) is 5.91 Å². The van der Waals surface area contributed by atoms with E-state index in [0.717, 1.165) is 0 Å². The predicted molar refractivity (Wildman–Crippen MR) is 81.3 cm³/mol. The maximum absolute atomic E-state index is 12.1. The Kier molecular flexibility index (Phi) is 4.97. The summed E-state index contributed by atoms with van der Waals surface area (Å²) in [6, 6.07) is 7.95. The number of benzene rings is 1. The molecule has 9 heteroatoms. The van der Waals surface area contributed by atoms with Crippen LogP contribution in [0.2, 0.25) is 5.15 Å². The molecule has 2 aromatic rings. The highest BCUT2D eigenvalue weighted by molar-refractivity contribution is 6.33. The Hall–Kier alpha value is -2.87. The van der Waals surface area contributed by atoms with Crippen molar-refractivity contribution in [2.75, 3.05) is 6.61 Å². The SMILES string of the molecule is Cc1nn(-c2ccccc2)c(Cl)c1C(=O)OCC(=O)NC(N)=O. The van der Waals surface area contributed by atoms with Gasteiger partial charge in [0, 0.05) is 0 Å². The fourth-order valence-corrected chi connectivity index (χ4v) is 2.20. The first kappa shape index (κ1) is 16.5. The van der Waals surface area contributed by atoms with Gasteiger partial charge in [-0.25, -0.2) is 14.3 Å². The molecule has 3 amide bonds. The smallest absolute Gasteiger partial charge is 0.343 e. The first-order valence-corrected chi connectivity index (χ1v) is 6.85. The monoisotopic (exact) mass is 336 g/mol. The molecule has 0 saturated carbocycles. The minimum absolute atomic E-state index is 0.0439. The number of urea groups is 1. The van der Waals surface area contributed by atoms with E-state index in [1.807, 2.05) is 6.07 Å². The number of amides is 3. The zero-order chi connectivity index (χ0) is 17.0. The number of aromatic nitrogens is 2. The number of nitrogens with zero attached hydrogens (tertiary/aromatic N) is 2. The Labute approximate surface area is 136 Å². The summed E-state index contributed by atoms with van der Waals surface area (Å²) >= 11 is 6.18. The van der Waals surface area contributed by atoms with Crippen molar-refractivity contribution in [3.8, 4) is 5.69 Å². The van der Waals surface area contributed by atoms with Gasteiger partial charge >= 0.3 is 12.0 Å². The second kappa shape index (κ2) is 6.93. The Bertz CT molecular complexity index is 758. The van der Waals surface area contributed by atoms with Crippen LogP contribution in [0.3, 0.4) is 0 Å². The maximum Gasteiger partial charge on any atom is 0.343 e. The topological polar surface area (TPSA) is 116 Å². The lowest BCUT2D eigenvalue weighted by Crippen LogP contribution is -2.37. The number of ether oxygens (including phenoxy) is 1. The van der Waals surface area contributed by atoms with E-state index in [2.05, 4.69) is 5.10 Å².